The van der Waals surface area contributed by atoms with Crippen LogP contribution in [0, 0.1) is 0 Å². The SMILES string of the molecule is CN(CC(O)c1cccs1)C(=O)C1=NNC(=O)CC1. The lowest BCUT2D eigenvalue weighted by Crippen LogP contribution is -2.39. The number of aliphatic hydroxyl groups excluding tert-OH is 1. The van der Waals surface area contributed by atoms with Crippen molar-refractivity contribution in [2.45, 2.75) is 18.9 Å². The Bertz CT molecular complexity index is 498. The molecule has 2 rings (SSSR count). The fourth-order valence-electron chi connectivity index (χ4n) is 1.76. The van der Waals surface area contributed by atoms with Crippen LogP contribution in [-0.2, 0) is 9.59 Å². The van der Waals surface area contributed by atoms with E-state index in [9.17, 15) is 14.7 Å². The minimum atomic E-state index is -0.701. The molecule has 19 heavy (non-hydrogen) atoms. The maximum Gasteiger partial charge on any atom is 0.269 e. The molecule has 1 aliphatic rings. The average molecular weight is 281 g/mol. The predicted octanol–water partition coefficient (Wildman–Crippen LogP) is 0.506. The molecule has 6 nitrogen and oxygen atoms in total. The van der Waals surface area contributed by atoms with Crippen LogP contribution in [0.5, 0.6) is 0 Å². The van der Waals surface area contributed by atoms with Crippen molar-refractivity contribution >= 4 is 28.9 Å². The lowest BCUT2D eigenvalue weighted by Gasteiger charge is -2.22. The summed E-state index contributed by atoms with van der Waals surface area (Å²) in [5.41, 5.74) is 2.61. The second-order valence-electron chi connectivity index (χ2n) is 4.31. The Morgan fingerprint density at radius 1 is 1.63 bits per heavy atom. The monoisotopic (exact) mass is 281 g/mol. The summed E-state index contributed by atoms with van der Waals surface area (Å²) in [6, 6.07) is 3.68. The summed E-state index contributed by atoms with van der Waals surface area (Å²) in [5.74, 6) is -0.451. The van der Waals surface area contributed by atoms with Crippen molar-refractivity contribution in [3.05, 3.63) is 22.4 Å². The summed E-state index contributed by atoms with van der Waals surface area (Å²) < 4.78 is 0. The lowest BCUT2D eigenvalue weighted by molar-refractivity contribution is -0.124. The quantitative estimate of drug-likeness (QED) is 0.843. The maximum atomic E-state index is 12.0. The van der Waals surface area contributed by atoms with E-state index >= 15 is 0 Å². The molecule has 0 radical (unpaired) electrons. The molecule has 0 aliphatic carbocycles. The van der Waals surface area contributed by atoms with Gasteiger partial charge in [-0.1, -0.05) is 6.07 Å². The number of hydrogen-bond donors (Lipinski definition) is 2. The van der Waals surface area contributed by atoms with Crippen LogP contribution in [0.2, 0.25) is 0 Å². The van der Waals surface area contributed by atoms with Gasteiger partial charge in [0.05, 0.1) is 6.54 Å². The van der Waals surface area contributed by atoms with Crippen LogP contribution in [0.25, 0.3) is 0 Å². The van der Waals surface area contributed by atoms with Crippen LogP contribution in [-0.4, -0.2) is 41.1 Å². The van der Waals surface area contributed by atoms with Gasteiger partial charge in [0, 0.05) is 24.8 Å². The number of aliphatic hydroxyl groups is 1. The second kappa shape index (κ2) is 5.94. The number of carbonyl (C=O) groups is 2. The summed E-state index contributed by atoms with van der Waals surface area (Å²) in [5, 5.41) is 15.6. The molecule has 2 N–H and O–H groups in total. The Labute approximate surface area is 114 Å². The van der Waals surface area contributed by atoms with E-state index in [2.05, 4.69) is 10.5 Å². The van der Waals surface area contributed by atoms with Crippen LogP contribution < -0.4 is 5.43 Å². The van der Waals surface area contributed by atoms with Crippen molar-refractivity contribution < 1.29 is 14.7 Å². The molecule has 1 aliphatic heterocycles. The molecule has 1 unspecified atom stereocenters. The smallest absolute Gasteiger partial charge is 0.269 e. The van der Waals surface area contributed by atoms with Crippen LogP contribution in [0.4, 0.5) is 0 Å². The molecule has 0 spiro atoms. The minimum Gasteiger partial charge on any atom is -0.386 e. The summed E-state index contributed by atoms with van der Waals surface area (Å²) >= 11 is 1.45. The Balaban J connectivity index is 1.94. The van der Waals surface area contributed by atoms with Gasteiger partial charge in [-0.25, -0.2) is 5.43 Å². The third-order valence-corrected chi connectivity index (χ3v) is 3.79. The highest BCUT2D eigenvalue weighted by molar-refractivity contribution is 7.10. The van der Waals surface area contributed by atoms with E-state index in [1.807, 2.05) is 17.5 Å². The topological polar surface area (TPSA) is 82.0 Å². The second-order valence-corrected chi connectivity index (χ2v) is 5.29. The number of thiophene rings is 1. The first kappa shape index (κ1) is 13.7. The molecule has 2 amide bonds. The molecule has 1 atom stereocenters. The highest BCUT2D eigenvalue weighted by Gasteiger charge is 2.23. The zero-order valence-electron chi connectivity index (χ0n) is 10.5. The molecule has 0 saturated carbocycles. The van der Waals surface area contributed by atoms with E-state index in [0.29, 0.717) is 12.1 Å². The maximum absolute atomic E-state index is 12.0. The lowest BCUT2D eigenvalue weighted by atomic mass is 10.1. The summed E-state index contributed by atoms with van der Waals surface area (Å²) in [6.45, 7) is 0.201. The van der Waals surface area contributed by atoms with Gasteiger partial charge in [-0.2, -0.15) is 5.10 Å². The van der Waals surface area contributed by atoms with E-state index in [1.165, 1.54) is 16.2 Å². The van der Waals surface area contributed by atoms with Gasteiger partial charge in [-0.05, 0) is 11.4 Å². The number of hydrazone groups is 1. The number of hydrogen-bond acceptors (Lipinski definition) is 5. The van der Waals surface area contributed by atoms with Gasteiger partial charge in [-0.15, -0.1) is 11.3 Å². The Morgan fingerprint density at radius 3 is 3.00 bits per heavy atom. The normalized spacial score (nSPS) is 16.5. The zero-order chi connectivity index (χ0) is 13.8. The van der Waals surface area contributed by atoms with Crippen molar-refractivity contribution in [2.24, 2.45) is 5.10 Å². The van der Waals surface area contributed by atoms with Crippen LogP contribution >= 0.6 is 11.3 Å². The molecular weight excluding hydrogens is 266 g/mol. The molecule has 1 aromatic heterocycles. The van der Waals surface area contributed by atoms with E-state index in [0.717, 1.165) is 4.88 Å². The third kappa shape index (κ3) is 3.39. The highest BCUT2D eigenvalue weighted by atomic mass is 32.1. The number of carbonyl (C=O) groups excluding carboxylic acids is 2. The highest BCUT2D eigenvalue weighted by Crippen LogP contribution is 2.19. The van der Waals surface area contributed by atoms with Gasteiger partial charge in [0.2, 0.25) is 5.91 Å². The van der Waals surface area contributed by atoms with Crippen LogP contribution in [0.15, 0.2) is 22.6 Å². The molecule has 2 heterocycles. The number of nitrogens with zero attached hydrogens (tertiary/aromatic N) is 2. The molecule has 1 aromatic rings. The van der Waals surface area contributed by atoms with Crippen LogP contribution in [0.1, 0.15) is 23.8 Å². The minimum absolute atomic E-state index is 0.183. The Kier molecular flexibility index (Phi) is 4.28. The van der Waals surface area contributed by atoms with E-state index in [1.54, 1.807) is 7.05 Å². The molecule has 0 saturated heterocycles. The third-order valence-electron chi connectivity index (χ3n) is 2.82. The molecule has 0 bridgehead atoms. The largest absolute Gasteiger partial charge is 0.386 e. The van der Waals surface area contributed by atoms with Crippen molar-refractivity contribution in [3.63, 3.8) is 0 Å². The van der Waals surface area contributed by atoms with Gasteiger partial charge < -0.3 is 10.0 Å². The Hall–Kier alpha value is -1.73. The number of amides is 2. The fraction of sp³-hybridized carbons (Fsp3) is 0.417. The standard InChI is InChI=1S/C12H15N3O3S/c1-15(7-9(16)10-3-2-6-19-10)12(18)8-4-5-11(17)14-13-8/h2-3,6,9,16H,4-5,7H2,1H3,(H,14,17). The van der Waals surface area contributed by atoms with Gasteiger partial charge >= 0.3 is 0 Å². The first-order chi connectivity index (χ1) is 9.08. The van der Waals surface area contributed by atoms with Crippen molar-refractivity contribution in [1.29, 1.82) is 0 Å². The molecule has 0 fully saturated rings. The van der Waals surface area contributed by atoms with Crippen molar-refractivity contribution in [2.75, 3.05) is 13.6 Å². The van der Waals surface area contributed by atoms with Crippen molar-refractivity contribution in [1.82, 2.24) is 10.3 Å². The van der Waals surface area contributed by atoms with E-state index in [-0.39, 0.29) is 24.8 Å². The molecule has 0 aromatic carbocycles. The molecule has 7 heteroatoms. The number of rotatable bonds is 4. The predicted molar refractivity (Wildman–Crippen MR) is 71.7 cm³/mol. The molecular formula is C12H15N3O3S. The van der Waals surface area contributed by atoms with Gasteiger partial charge in [0.25, 0.3) is 5.91 Å². The number of likely N-dealkylation sites (N-methyl/N-ethyl adjacent to an activating group) is 1. The summed E-state index contributed by atoms with van der Waals surface area (Å²) in [6.07, 6.45) is -0.0940. The van der Waals surface area contributed by atoms with Gasteiger partial charge in [0.1, 0.15) is 11.8 Å². The summed E-state index contributed by atoms with van der Waals surface area (Å²) in [4.78, 5) is 25.2. The molecule has 102 valence electrons. The first-order valence-corrected chi connectivity index (χ1v) is 6.78. The van der Waals surface area contributed by atoms with Gasteiger partial charge in [-0.3, -0.25) is 9.59 Å². The first-order valence-electron chi connectivity index (χ1n) is 5.90. The number of nitrogens with one attached hydrogen (secondary N) is 1. The van der Waals surface area contributed by atoms with Gasteiger partial charge in [0.15, 0.2) is 0 Å². The van der Waals surface area contributed by atoms with Crippen LogP contribution in [0.3, 0.4) is 0 Å². The van der Waals surface area contributed by atoms with Crippen molar-refractivity contribution in [3.8, 4) is 0 Å². The zero-order valence-corrected chi connectivity index (χ0v) is 11.3. The van der Waals surface area contributed by atoms with E-state index < -0.39 is 6.10 Å². The fourth-order valence-corrected chi connectivity index (χ4v) is 2.46. The summed E-state index contributed by atoms with van der Waals surface area (Å²) in [7, 11) is 1.61. The average Bonchev–Trinajstić information content (AvgIpc) is 2.92. The Morgan fingerprint density at radius 2 is 2.42 bits per heavy atom. The van der Waals surface area contributed by atoms with E-state index in [4.69, 9.17) is 0 Å².